The number of fused-ring (bicyclic) bond motifs is 1. The predicted octanol–water partition coefficient (Wildman–Crippen LogP) is 4.87. The zero-order chi connectivity index (χ0) is 29.4. The van der Waals surface area contributed by atoms with E-state index in [1.165, 1.54) is 17.7 Å². The Morgan fingerprint density at radius 2 is 1.83 bits per heavy atom. The fourth-order valence-electron chi connectivity index (χ4n) is 5.07. The normalized spacial score (nSPS) is 16.8. The molecule has 1 amide bonds. The molecular weight excluding hydrogens is 533 g/mol. The van der Waals surface area contributed by atoms with Crippen LogP contribution in [0.1, 0.15) is 41.7 Å². The minimum atomic E-state index is -4.42. The van der Waals surface area contributed by atoms with E-state index in [1.807, 2.05) is 19.2 Å². The van der Waals surface area contributed by atoms with Gasteiger partial charge in [0.1, 0.15) is 18.4 Å². The summed E-state index contributed by atoms with van der Waals surface area (Å²) in [4.78, 5) is 12.0. The Balaban J connectivity index is 1.57. The molecule has 0 spiro atoms. The molecule has 0 atom stereocenters. The van der Waals surface area contributed by atoms with Crippen LogP contribution in [-0.2, 0) is 6.54 Å². The predicted molar refractivity (Wildman–Crippen MR) is 153 cm³/mol. The van der Waals surface area contributed by atoms with E-state index in [2.05, 4.69) is 33.1 Å². The van der Waals surface area contributed by atoms with Gasteiger partial charge in [0.25, 0.3) is 5.91 Å². The zero-order valence-electron chi connectivity index (χ0n) is 23.0. The average molecular weight is 567 g/mol. The van der Waals surface area contributed by atoms with Crippen LogP contribution >= 0.6 is 0 Å². The van der Waals surface area contributed by atoms with Crippen LogP contribution < -0.4 is 26.0 Å². The minimum absolute atomic E-state index is 0.0928. The molecule has 0 bridgehead atoms. The third-order valence-electron chi connectivity index (χ3n) is 7.12. The second kappa shape index (κ2) is 13.3. The number of carbonyl (C=O) groups is 1. The summed E-state index contributed by atoms with van der Waals surface area (Å²) in [6.07, 6.45) is -0.377. The van der Waals surface area contributed by atoms with Crippen LogP contribution in [-0.4, -0.2) is 56.0 Å². The molecule has 1 aromatic heterocycles. The molecule has 4 rings (SSSR count). The first-order valence-electron chi connectivity index (χ1n) is 13.4. The Kier molecular flexibility index (Phi) is 9.64. The molecule has 3 aromatic rings. The number of ether oxygens (including phenoxy) is 1. The van der Waals surface area contributed by atoms with Gasteiger partial charge >= 0.3 is 6.18 Å². The summed E-state index contributed by atoms with van der Waals surface area (Å²) in [6, 6.07) is 14.4. The summed E-state index contributed by atoms with van der Waals surface area (Å²) in [5.74, 6) is 5.78. The van der Waals surface area contributed by atoms with Gasteiger partial charge < -0.3 is 30.6 Å². The van der Waals surface area contributed by atoms with Crippen molar-refractivity contribution in [2.45, 2.75) is 50.5 Å². The average Bonchev–Trinajstić information content (AvgIpc) is 3.31. The van der Waals surface area contributed by atoms with Gasteiger partial charge in [-0.3, -0.25) is 4.79 Å². The van der Waals surface area contributed by atoms with Crippen molar-refractivity contribution in [3.8, 4) is 23.7 Å². The first-order chi connectivity index (χ1) is 19.7. The van der Waals surface area contributed by atoms with Gasteiger partial charge in [-0.15, -0.1) is 0 Å². The topological polar surface area (TPSA) is 103 Å². The first-order valence-corrected chi connectivity index (χ1v) is 13.4. The van der Waals surface area contributed by atoms with Gasteiger partial charge in [-0.1, -0.05) is 12.0 Å². The molecule has 1 saturated carbocycles. The molecule has 1 aliphatic carbocycles. The van der Waals surface area contributed by atoms with Crippen LogP contribution in [0.25, 0.3) is 10.9 Å². The number of alkyl halides is 3. The third kappa shape index (κ3) is 7.65. The molecule has 0 saturated heterocycles. The Morgan fingerprint density at radius 3 is 2.51 bits per heavy atom. The molecule has 1 fully saturated rings. The molecule has 0 unspecified atom stereocenters. The van der Waals surface area contributed by atoms with Gasteiger partial charge in [0.05, 0.1) is 23.4 Å². The number of hydrogen-bond donors (Lipinski definition) is 4. The molecule has 216 valence electrons. The lowest BCUT2D eigenvalue weighted by atomic mass is 9.91. The third-order valence-corrected chi connectivity index (χ3v) is 7.12. The fraction of sp³-hybridized carbons (Fsp3) is 0.400. The molecule has 41 heavy (non-hydrogen) atoms. The Hall–Kier alpha value is -4.35. The molecule has 0 radical (unpaired) electrons. The van der Waals surface area contributed by atoms with Gasteiger partial charge in [-0.05, 0) is 75.0 Å². The summed E-state index contributed by atoms with van der Waals surface area (Å²) in [5, 5.41) is 22.0. The number of aromatic nitrogens is 1. The minimum Gasteiger partial charge on any atom is -0.477 e. The number of nitrogens with one attached hydrogen (secondary N) is 4. The van der Waals surface area contributed by atoms with E-state index >= 15 is 0 Å². The van der Waals surface area contributed by atoms with E-state index in [-0.39, 0.29) is 30.8 Å². The maximum Gasteiger partial charge on any atom is 0.406 e. The van der Waals surface area contributed by atoms with Gasteiger partial charge in [0.15, 0.2) is 6.61 Å². The SMILES string of the molecule is CNC(=O)c1ccc(NCC#Cc2cc3c(NC4CCC(NC)CC4)cccc3n2CC(F)(F)F)c(OCC#N)c1. The van der Waals surface area contributed by atoms with Crippen LogP contribution in [0.3, 0.4) is 0 Å². The Bertz CT molecular complexity index is 1470. The molecule has 1 aliphatic rings. The van der Waals surface area contributed by atoms with E-state index in [4.69, 9.17) is 10.00 Å². The monoisotopic (exact) mass is 566 g/mol. The quantitative estimate of drug-likeness (QED) is 0.276. The van der Waals surface area contributed by atoms with Crippen LogP contribution in [0.2, 0.25) is 0 Å². The van der Waals surface area contributed by atoms with Crippen molar-refractivity contribution < 1.29 is 22.7 Å². The summed E-state index contributed by atoms with van der Waals surface area (Å²) >= 11 is 0. The number of anilines is 2. The molecule has 4 N–H and O–H groups in total. The summed E-state index contributed by atoms with van der Waals surface area (Å²) in [5.41, 5.74) is 2.37. The molecule has 2 aromatic carbocycles. The Morgan fingerprint density at radius 1 is 1.07 bits per heavy atom. The highest BCUT2D eigenvalue weighted by molar-refractivity contribution is 5.95. The standard InChI is InChI=1S/C30H33F3N6O2/c1-35-21-9-11-22(12-10-21)38-25-6-3-7-27-24(25)18-23(39(27)19-30(31,32)33)5-4-15-37-26-13-8-20(29(40)36-2)17-28(26)41-16-14-34/h3,6-8,13,17-18,21-22,35,37-38H,9-12,15-16,19H2,1-2H3,(H,36,40). The largest absolute Gasteiger partial charge is 0.477 e. The fourth-order valence-corrected chi connectivity index (χ4v) is 5.07. The summed E-state index contributed by atoms with van der Waals surface area (Å²) in [6.45, 7) is -1.28. The van der Waals surface area contributed by atoms with Gasteiger partial charge in [0.2, 0.25) is 0 Å². The lowest BCUT2D eigenvalue weighted by molar-refractivity contribution is -0.140. The van der Waals surface area contributed by atoms with Crippen molar-refractivity contribution in [3.63, 3.8) is 0 Å². The maximum atomic E-state index is 13.6. The molecule has 8 nitrogen and oxygen atoms in total. The van der Waals surface area contributed by atoms with Crippen molar-refractivity contribution in [2.24, 2.45) is 0 Å². The second-order valence-electron chi connectivity index (χ2n) is 9.84. The Labute approximate surface area is 237 Å². The van der Waals surface area contributed by atoms with Crippen molar-refractivity contribution in [2.75, 3.05) is 37.9 Å². The van der Waals surface area contributed by atoms with Gasteiger partial charge in [-0.2, -0.15) is 18.4 Å². The smallest absolute Gasteiger partial charge is 0.406 e. The molecule has 0 aliphatic heterocycles. The van der Waals surface area contributed by atoms with E-state index in [1.54, 1.807) is 30.3 Å². The van der Waals surface area contributed by atoms with Crippen molar-refractivity contribution in [1.29, 1.82) is 5.26 Å². The van der Waals surface area contributed by atoms with Crippen LogP contribution in [0.15, 0.2) is 42.5 Å². The maximum absolute atomic E-state index is 13.6. The van der Waals surface area contributed by atoms with E-state index in [0.29, 0.717) is 33.9 Å². The number of rotatable bonds is 9. The lowest BCUT2D eigenvalue weighted by Gasteiger charge is -2.29. The lowest BCUT2D eigenvalue weighted by Crippen LogP contribution is -2.34. The number of amides is 1. The van der Waals surface area contributed by atoms with Crippen molar-refractivity contribution in [1.82, 2.24) is 15.2 Å². The molecular formula is C30H33F3N6O2. The van der Waals surface area contributed by atoms with Crippen LogP contribution in [0.4, 0.5) is 24.5 Å². The van der Waals surface area contributed by atoms with E-state index in [0.717, 1.165) is 31.4 Å². The van der Waals surface area contributed by atoms with Crippen molar-refractivity contribution >= 4 is 28.2 Å². The molecule has 11 heteroatoms. The van der Waals surface area contributed by atoms with Gasteiger partial charge in [0, 0.05) is 35.8 Å². The van der Waals surface area contributed by atoms with E-state index < -0.39 is 12.7 Å². The van der Waals surface area contributed by atoms with Crippen molar-refractivity contribution in [3.05, 3.63) is 53.7 Å². The number of benzene rings is 2. The highest BCUT2D eigenvalue weighted by Gasteiger charge is 2.30. The number of nitriles is 1. The highest BCUT2D eigenvalue weighted by atomic mass is 19.4. The van der Waals surface area contributed by atoms with E-state index in [9.17, 15) is 18.0 Å². The second-order valence-corrected chi connectivity index (χ2v) is 9.84. The number of hydrogen-bond acceptors (Lipinski definition) is 6. The summed E-state index contributed by atoms with van der Waals surface area (Å²) in [7, 11) is 3.47. The molecule has 1 heterocycles. The first kappa shape index (κ1) is 29.6. The van der Waals surface area contributed by atoms with Gasteiger partial charge in [-0.25, -0.2) is 0 Å². The van der Waals surface area contributed by atoms with Crippen LogP contribution in [0.5, 0.6) is 5.75 Å². The number of halogens is 3. The summed E-state index contributed by atoms with van der Waals surface area (Å²) < 4.78 is 47.4. The van der Waals surface area contributed by atoms with Crippen LogP contribution in [0, 0.1) is 23.2 Å². The highest BCUT2D eigenvalue weighted by Crippen LogP contribution is 2.32. The zero-order valence-corrected chi connectivity index (χ0v) is 23.0. The number of carbonyl (C=O) groups excluding carboxylic acids is 1. The number of nitrogens with zero attached hydrogens (tertiary/aromatic N) is 2.